The van der Waals surface area contributed by atoms with Gasteiger partial charge < -0.3 is 9.64 Å². The molecule has 0 saturated carbocycles. The van der Waals surface area contributed by atoms with Crippen LogP contribution in [-0.4, -0.2) is 37.0 Å². The molecule has 1 aliphatic heterocycles. The minimum absolute atomic E-state index is 0.0921. The third-order valence-electron chi connectivity index (χ3n) is 3.06. The zero-order valence-corrected chi connectivity index (χ0v) is 10.6. The first kappa shape index (κ1) is 13.5. The van der Waals surface area contributed by atoms with Crippen LogP contribution in [-0.2, 0) is 14.3 Å². The molecule has 0 aliphatic carbocycles. The van der Waals surface area contributed by atoms with Gasteiger partial charge in [-0.15, -0.1) is 0 Å². The summed E-state index contributed by atoms with van der Waals surface area (Å²) in [5.41, 5.74) is 0.401. The fraction of sp³-hybridized carbons (Fsp3) is 0.385. The summed E-state index contributed by atoms with van der Waals surface area (Å²) in [7, 11) is 1.29. The average molecular weight is 266 g/mol. The van der Waals surface area contributed by atoms with Crippen molar-refractivity contribution in [2.75, 3.05) is 20.2 Å². The number of halogens is 1. The molecule has 1 N–H and O–H groups in total. The number of nitrogens with zero attached hydrogens (tertiary/aromatic N) is 1. The lowest BCUT2D eigenvalue weighted by molar-refractivity contribution is -0.141. The molecule has 0 bridgehead atoms. The van der Waals surface area contributed by atoms with Crippen molar-refractivity contribution in [1.29, 1.82) is 0 Å². The van der Waals surface area contributed by atoms with Crippen LogP contribution in [0.5, 0.6) is 0 Å². The third kappa shape index (κ3) is 2.90. The molecule has 1 aromatic rings. The molecule has 1 aromatic carbocycles. The monoisotopic (exact) mass is 266 g/mol. The Morgan fingerprint density at radius 3 is 2.95 bits per heavy atom. The van der Waals surface area contributed by atoms with Gasteiger partial charge in [-0.05, 0) is 6.07 Å². The summed E-state index contributed by atoms with van der Waals surface area (Å²) in [6.45, 7) is 0.345. The molecule has 1 saturated heterocycles. The van der Waals surface area contributed by atoms with E-state index < -0.39 is 12.1 Å². The maximum absolute atomic E-state index is 13.7. The number of amides is 1. The van der Waals surface area contributed by atoms with Crippen LogP contribution >= 0.6 is 0 Å². The summed E-state index contributed by atoms with van der Waals surface area (Å²) >= 11 is 0. The minimum Gasteiger partial charge on any atom is -0.469 e. The predicted octanol–water partition coefficient (Wildman–Crippen LogP) is 0.819. The van der Waals surface area contributed by atoms with Crippen LogP contribution in [0.15, 0.2) is 24.3 Å². The maximum atomic E-state index is 13.7. The van der Waals surface area contributed by atoms with Gasteiger partial charge >= 0.3 is 5.97 Å². The Morgan fingerprint density at radius 1 is 1.53 bits per heavy atom. The normalized spacial score (nSPS) is 18.7. The molecule has 1 amide bonds. The number of carbonyl (C=O) groups is 2. The average Bonchev–Trinajstić information content (AvgIpc) is 2.78. The van der Waals surface area contributed by atoms with Crippen molar-refractivity contribution in [1.82, 2.24) is 10.2 Å². The number of methoxy groups -OCH3 is 1. The second kappa shape index (κ2) is 5.79. The van der Waals surface area contributed by atoms with Crippen LogP contribution in [0.25, 0.3) is 0 Å². The van der Waals surface area contributed by atoms with Gasteiger partial charge in [0.1, 0.15) is 12.0 Å². The highest BCUT2D eigenvalue weighted by Crippen LogP contribution is 2.24. The number of ether oxygens (including phenoxy) is 1. The van der Waals surface area contributed by atoms with E-state index in [1.807, 2.05) is 0 Å². The molecule has 0 aromatic heterocycles. The largest absolute Gasteiger partial charge is 0.469 e. The van der Waals surface area contributed by atoms with Crippen molar-refractivity contribution < 1.29 is 18.7 Å². The minimum atomic E-state index is -0.529. The van der Waals surface area contributed by atoms with Crippen LogP contribution in [0.4, 0.5) is 4.39 Å². The van der Waals surface area contributed by atoms with Crippen LogP contribution < -0.4 is 5.32 Å². The molecule has 1 fully saturated rings. The number of carbonyl (C=O) groups excluding carboxylic acids is 2. The Balaban J connectivity index is 2.13. The number of hydrogen-bond donors (Lipinski definition) is 1. The second-order valence-corrected chi connectivity index (χ2v) is 4.22. The highest BCUT2D eigenvalue weighted by molar-refractivity contribution is 5.81. The summed E-state index contributed by atoms with van der Waals surface area (Å²) in [6, 6.07) is 6.27. The molecular weight excluding hydrogens is 251 g/mol. The van der Waals surface area contributed by atoms with Crippen LogP contribution in [0.1, 0.15) is 18.2 Å². The molecule has 2 rings (SSSR count). The summed E-state index contributed by atoms with van der Waals surface area (Å²) in [4.78, 5) is 24.3. The number of benzene rings is 1. The lowest BCUT2D eigenvalue weighted by Crippen LogP contribution is -2.33. The molecule has 102 valence electrons. The van der Waals surface area contributed by atoms with E-state index in [9.17, 15) is 14.0 Å². The molecule has 1 aliphatic rings. The molecule has 5 nitrogen and oxygen atoms in total. The van der Waals surface area contributed by atoms with Crippen molar-refractivity contribution in [3.63, 3.8) is 0 Å². The van der Waals surface area contributed by atoms with Gasteiger partial charge in [-0.1, -0.05) is 18.2 Å². The predicted molar refractivity (Wildman–Crippen MR) is 65.5 cm³/mol. The first-order valence-electron chi connectivity index (χ1n) is 5.97. The first-order chi connectivity index (χ1) is 9.13. The van der Waals surface area contributed by atoms with Crippen molar-refractivity contribution >= 4 is 11.9 Å². The Morgan fingerprint density at radius 2 is 2.26 bits per heavy atom. The Labute approximate surface area is 110 Å². The van der Waals surface area contributed by atoms with Gasteiger partial charge in [0, 0.05) is 12.1 Å². The Kier molecular flexibility index (Phi) is 4.11. The van der Waals surface area contributed by atoms with Crippen molar-refractivity contribution in [2.24, 2.45) is 0 Å². The van der Waals surface area contributed by atoms with Gasteiger partial charge in [0.05, 0.1) is 20.1 Å². The first-order valence-corrected chi connectivity index (χ1v) is 5.97. The van der Waals surface area contributed by atoms with E-state index >= 15 is 0 Å². The zero-order valence-electron chi connectivity index (χ0n) is 10.6. The number of rotatable bonds is 4. The zero-order chi connectivity index (χ0) is 13.8. The molecule has 1 heterocycles. The van der Waals surface area contributed by atoms with Gasteiger partial charge in [0.2, 0.25) is 5.91 Å². The molecule has 6 heteroatoms. The lowest BCUT2D eigenvalue weighted by atomic mass is 10.1. The maximum Gasteiger partial charge on any atom is 0.307 e. The van der Waals surface area contributed by atoms with Crippen LogP contribution in [0.2, 0.25) is 0 Å². The molecule has 19 heavy (non-hydrogen) atoms. The number of esters is 1. The summed E-state index contributed by atoms with van der Waals surface area (Å²) < 4.78 is 18.3. The van der Waals surface area contributed by atoms with E-state index in [0.717, 1.165) is 0 Å². The quantitative estimate of drug-likeness (QED) is 0.820. The van der Waals surface area contributed by atoms with E-state index in [-0.39, 0.29) is 31.2 Å². The summed E-state index contributed by atoms with van der Waals surface area (Å²) in [5, 5.41) is 2.94. The van der Waals surface area contributed by atoms with Gasteiger partial charge in [-0.25, -0.2) is 4.39 Å². The number of hydrogen-bond acceptors (Lipinski definition) is 4. The molecule has 0 radical (unpaired) electrons. The number of nitrogens with one attached hydrogen (secondary N) is 1. The molecular formula is C13H15FN2O3. The summed E-state index contributed by atoms with van der Waals surface area (Å²) in [6.07, 6.45) is -0.437. The lowest BCUT2D eigenvalue weighted by Gasteiger charge is -2.24. The summed E-state index contributed by atoms with van der Waals surface area (Å²) in [5.74, 6) is -0.929. The smallest absolute Gasteiger partial charge is 0.307 e. The molecule has 0 spiro atoms. The van der Waals surface area contributed by atoms with E-state index in [1.165, 1.54) is 18.1 Å². The van der Waals surface area contributed by atoms with Gasteiger partial charge in [0.15, 0.2) is 0 Å². The van der Waals surface area contributed by atoms with Crippen LogP contribution in [0.3, 0.4) is 0 Å². The van der Waals surface area contributed by atoms with Gasteiger partial charge in [-0.2, -0.15) is 0 Å². The second-order valence-electron chi connectivity index (χ2n) is 4.22. The fourth-order valence-electron chi connectivity index (χ4n) is 2.08. The van der Waals surface area contributed by atoms with E-state index in [2.05, 4.69) is 10.1 Å². The SMILES string of the molecule is COC(=O)CCN1C(=O)CNC1c1ccccc1F. The Hall–Kier alpha value is -1.95. The topological polar surface area (TPSA) is 58.6 Å². The van der Waals surface area contributed by atoms with Crippen molar-refractivity contribution in [3.8, 4) is 0 Å². The third-order valence-corrected chi connectivity index (χ3v) is 3.06. The van der Waals surface area contributed by atoms with Crippen LogP contribution in [0, 0.1) is 5.82 Å². The molecule has 1 unspecified atom stereocenters. The van der Waals surface area contributed by atoms with Gasteiger partial charge in [-0.3, -0.25) is 14.9 Å². The van der Waals surface area contributed by atoms with Gasteiger partial charge in [0.25, 0.3) is 0 Å². The van der Waals surface area contributed by atoms with Crippen molar-refractivity contribution in [2.45, 2.75) is 12.6 Å². The van der Waals surface area contributed by atoms with Crippen molar-refractivity contribution in [3.05, 3.63) is 35.6 Å². The van der Waals surface area contributed by atoms with E-state index in [4.69, 9.17) is 0 Å². The standard InChI is InChI=1S/C13H15FN2O3/c1-19-12(18)6-7-16-11(17)8-15-13(16)9-4-2-3-5-10(9)14/h2-5,13,15H,6-8H2,1H3. The van der Waals surface area contributed by atoms with E-state index in [1.54, 1.807) is 18.2 Å². The highest BCUT2D eigenvalue weighted by atomic mass is 19.1. The Bertz CT molecular complexity index is 493. The fourth-order valence-corrected chi connectivity index (χ4v) is 2.08. The van der Waals surface area contributed by atoms with E-state index in [0.29, 0.717) is 5.56 Å². The molecule has 1 atom stereocenters. The highest BCUT2D eigenvalue weighted by Gasteiger charge is 2.33.